The van der Waals surface area contributed by atoms with Gasteiger partial charge in [-0.15, -0.1) is 11.3 Å². The van der Waals surface area contributed by atoms with Crippen molar-refractivity contribution in [3.63, 3.8) is 0 Å². The normalized spacial score (nSPS) is 15.6. The van der Waals surface area contributed by atoms with Gasteiger partial charge in [-0.25, -0.2) is 28.0 Å². The Kier molecular flexibility index (Phi) is 7.07. The van der Waals surface area contributed by atoms with Crippen LogP contribution in [0, 0.1) is 0 Å². The highest BCUT2D eigenvalue weighted by Crippen LogP contribution is 2.30. The molecule has 5 rings (SSSR count). The van der Waals surface area contributed by atoms with Gasteiger partial charge in [-0.05, 0) is 42.7 Å². The van der Waals surface area contributed by atoms with Crippen LogP contribution >= 0.6 is 11.3 Å². The second-order valence-corrected chi connectivity index (χ2v) is 11.0. The zero-order chi connectivity index (χ0) is 26.0. The zero-order valence-corrected chi connectivity index (χ0v) is 21.2. The molecule has 1 aliphatic heterocycles. The van der Waals surface area contributed by atoms with Gasteiger partial charge in [-0.2, -0.15) is 5.10 Å². The molecule has 0 bridgehead atoms. The molecule has 1 fully saturated rings. The lowest BCUT2D eigenvalue weighted by Crippen LogP contribution is -2.16. The standard InChI is InChI=1S/C25H24N4O6S2/c26-37(32,33)21-8-6-16(7-9-21)11-18-13-29(25-27-22(15-36-25)24(30)31)28-23(18)17-3-1-4-19(12-17)35-14-20-5-2-10-34-20/h1,3-4,6-9,12-13,15,20H,2,5,10-11,14H2,(H,30,31)(H2,26,32,33). The molecule has 0 radical (unpaired) electrons. The van der Waals surface area contributed by atoms with Crippen molar-refractivity contribution >= 4 is 27.3 Å². The van der Waals surface area contributed by atoms with E-state index in [0.717, 1.165) is 36.1 Å². The average molecular weight is 541 g/mol. The minimum absolute atomic E-state index is 0.0345. The number of aromatic nitrogens is 3. The number of primary sulfonamides is 1. The SMILES string of the molecule is NS(=O)(=O)c1ccc(Cc2cn(-c3nc(C(=O)O)cs3)nc2-c2cccc(OCC3CCCO3)c2)cc1. The van der Waals surface area contributed by atoms with E-state index in [0.29, 0.717) is 29.6 Å². The smallest absolute Gasteiger partial charge is 0.355 e. The van der Waals surface area contributed by atoms with Crippen LogP contribution in [0.1, 0.15) is 34.5 Å². The van der Waals surface area contributed by atoms with E-state index in [-0.39, 0.29) is 16.7 Å². The number of rotatable bonds is 9. The van der Waals surface area contributed by atoms with Crippen LogP contribution in [-0.2, 0) is 21.2 Å². The third kappa shape index (κ3) is 5.88. The monoisotopic (exact) mass is 540 g/mol. The summed E-state index contributed by atoms with van der Waals surface area (Å²) in [6.45, 7) is 1.23. The molecule has 12 heteroatoms. The van der Waals surface area contributed by atoms with Crippen LogP contribution in [0.25, 0.3) is 16.4 Å². The predicted octanol–water partition coefficient (Wildman–Crippen LogP) is 3.49. The molecule has 0 amide bonds. The molecule has 192 valence electrons. The molecule has 2 aromatic carbocycles. The summed E-state index contributed by atoms with van der Waals surface area (Å²) in [6, 6.07) is 13.9. The zero-order valence-electron chi connectivity index (χ0n) is 19.6. The van der Waals surface area contributed by atoms with Crippen LogP contribution in [-0.4, -0.2) is 53.6 Å². The molecule has 1 unspecified atom stereocenters. The van der Waals surface area contributed by atoms with Crippen LogP contribution in [0.3, 0.4) is 0 Å². The first-order valence-corrected chi connectivity index (χ1v) is 13.9. The molecule has 1 atom stereocenters. The minimum Gasteiger partial charge on any atom is -0.491 e. The van der Waals surface area contributed by atoms with Crippen LogP contribution in [0.2, 0.25) is 0 Å². The summed E-state index contributed by atoms with van der Waals surface area (Å²) in [5.41, 5.74) is 3.12. The Hall–Kier alpha value is -3.58. The van der Waals surface area contributed by atoms with Gasteiger partial charge in [0.25, 0.3) is 0 Å². The van der Waals surface area contributed by atoms with Gasteiger partial charge in [0.05, 0.1) is 16.7 Å². The van der Waals surface area contributed by atoms with Crippen molar-refractivity contribution in [1.82, 2.24) is 14.8 Å². The lowest BCUT2D eigenvalue weighted by Gasteiger charge is -2.12. The molecule has 0 saturated carbocycles. The molecule has 37 heavy (non-hydrogen) atoms. The molecular weight excluding hydrogens is 516 g/mol. The molecule has 10 nitrogen and oxygen atoms in total. The Morgan fingerprint density at radius 1 is 1.24 bits per heavy atom. The third-order valence-corrected chi connectivity index (χ3v) is 7.67. The number of hydrogen-bond acceptors (Lipinski definition) is 8. The summed E-state index contributed by atoms with van der Waals surface area (Å²) in [4.78, 5) is 15.5. The number of aromatic carboxylic acids is 1. The number of nitrogens with zero attached hydrogens (tertiary/aromatic N) is 3. The minimum atomic E-state index is -3.79. The first kappa shape index (κ1) is 25.1. The van der Waals surface area contributed by atoms with Crippen LogP contribution < -0.4 is 9.88 Å². The van der Waals surface area contributed by atoms with E-state index >= 15 is 0 Å². The van der Waals surface area contributed by atoms with E-state index in [1.165, 1.54) is 28.8 Å². The highest BCUT2D eigenvalue weighted by atomic mass is 32.2. The topological polar surface area (TPSA) is 147 Å². The molecule has 0 spiro atoms. The number of sulfonamides is 1. The average Bonchev–Trinajstić information content (AvgIpc) is 3.64. The van der Waals surface area contributed by atoms with Crippen LogP contribution in [0.15, 0.2) is 65.0 Å². The highest BCUT2D eigenvalue weighted by Gasteiger charge is 2.19. The van der Waals surface area contributed by atoms with Crippen molar-refractivity contribution in [3.05, 3.63) is 76.9 Å². The van der Waals surface area contributed by atoms with Gasteiger partial charge in [0.2, 0.25) is 15.2 Å². The van der Waals surface area contributed by atoms with E-state index < -0.39 is 16.0 Å². The Balaban J connectivity index is 1.48. The highest BCUT2D eigenvalue weighted by molar-refractivity contribution is 7.89. The number of carboxylic acids is 1. The number of carboxylic acid groups (broad SMARTS) is 1. The van der Waals surface area contributed by atoms with E-state index in [4.69, 9.17) is 19.7 Å². The predicted molar refractivity (Wildman–Crippen MR) is 137 cm³/mol. The van der Waals surface area contributed by atoms with Gasteiger partial charge >= 0.3 is 5.97 Å². The van der Waals surface area contributed by atoms with Gasteiger partial charge in [-0.3, -0.25) is 0 Å². The van der Waals surface area contributed by atoms with Crippen LogP contribution in [0.4, 0.5) is 0 Å². The van der Waals surface area contributed by atoms with Crippen molar-refractivity contribution in [1.29, 1.82) is 0 Å². The second-order valence-electron chi connectivity index (χ2n) is 8.61. The Labute approximate surface area is 217 Å². The fourth-order valence-corrected chi connectivity index (χ4v) is 5.30. The van der Waals surface area contributed by atoms with Crippen molar-refractivity contribution in [3.8, 4) is 22.1 Å². The summed E-state index contributed by atoms with van der Waals surface area (Å²) in [5, 5.41) is 21.1. The van der Waals surface area contributed by atoms with Crippen molar-refractivity contribution < 1.29 is 27.8 Å². The summed E-state index contributed by atoms with van der Waals surface area (Å²) in [6.07, 6.45) is 4.34. The first-order chi connectivity index (χ1) is 17.8. The van der Waals surface area contributed by atoms with E-state index in [1.807, 2.05) is 24.3 Å². The van der Waals surface area contributed by atoms with Gasteiger partial charge < -0.3 is 14.6 Å². The first-order valence-electron chi connectivity index (χ1n) is 11.5. The largest absolute Gasteiger partial charge is 0.491 e. The van der Waals surface area contributed by atoms with Crippen LogP contribution in [0.5, 0.6) is 5.75 Å². The van der Waals surface area contributed by atoms with Crippen molar-refractivity contribution in [2.75, 3.05) is 13.2 Å². The Bertz CT molecular complexity index is 1520. The lowest BCUT2D eigenvalue weighted by molar-refractivity contribution is 0.0679. The van der Waals surface area contributed by atoms with Crippen molar-refractivity contribution in [2.45, 2.75) is 30.3 Å². The third-order valence-electron chi connectivity index (χ3n) is 5.91. The fourth-order valence-electron chi connectivity index (χ4n) is 4.06. The lowest BCUT2D eigenvalue weighted by atomic mass is 10.0. The van der Waals surface area contributed by atoms with Crippen molar-refractivity contribution in [2.24, 2.45) is 5.14 Å². The molecule has 3 N–H and O–H groups in total. The summed E-state index contributed by atoms with van der Waals surface area (Å²) < 4.78 is 36.4. The summed E-state index contributed by atoms with van der Waals surface area (Å²) >= 11 is 1.17. The number of ether oxygens (including phenoxy) is 2. The molecular formula is C25H24N4O6S2. The van der Waals surface area contributed by atoms with Gasteiger partial charge in [0.1, 0.15) is 12.4 Å². The second kappa shape index (κ2) is 10.4. The molecule has 3 heterocycles. The quantitative estimate of drug-likeness (QED) is 0.328. The molecule has 1 saturated heterocycles. The summed E-state index contributed by atoms with van der Waals surface area (Å²) in [5.74, 6) is -0.422. The number of nitrogens with two attached hydrogens (primary N) is 1. The fraction of sp³-hybridized carbons (Fsp3) is 0.240. The van der Waals surface area contributed by atoms with Gasteiger partial charge in [-0.1, -0.05) is 24.3 Å². The Morgan fingerprint density at radius 3 is 2.73 bits per heavy atom. The number of carbonyl (C=O) groups is 1. The molecule has 0 aliphatic carbocycles. The Morgan fingerprint density at radius 2 is 2.05 bits per heavy atom. The van der Waals surface area contributed by atoms with E-state index in [2.05, 4.69) is 4.98 Å². The summed E-state index contributed by atoms with van der Waals surface area (Å²) in [7, 11) is -3.79. The number of hydrogen-bond donors (Lipinski definition) is 2. The molecule has 2 aromatic heterocycles. The maximum absolute atomic E-state index is 11.6. The molecule has 4 aromatic rings. The molecule has 1 aliphatic rings. The van der Waals surface area contributed by atoms with E-state index in [1.54, 1.807) is 23.0 Å². The van der Waals surface area contributed by atoms with Gasteiger partial charge in [0, 0.05) is 35.7 Å². The maximum Gasteiger partial charge on any atom is 0.355 e. The van der Waals surface area contributed by atoms with E-state index in [9.17, 15) is 18.3 Å². The number of benzene rings is 2. The maximum atomic E-state index is 11.6. The van der Waals surface area contributed by atoms with Gasteiger partial charge in [0.15, 0.2) is 5.69 Å². The number of thiazole rings is 1.